The fourth-order valence-corrected chi connectivity index (χ4v) is 1.34. The number of hydrogen-bond acceptors (Lipinski definition) is 4. The van der Waals surface area contributed by atoms with Gasteiger partial charge < -0.3 is 4.74 Å². The van der Waals surface area contributed by atoms with Crippen LogP contribution in [0, 0.1) is 11.3 Å². The zero-order chi connectivity index (χ0) is 15.6. The van der Waals surface area contributed by atoms with E-state index in [1.54, 1.807) is 26.8 Å². The molecule has 0 aliphatic carbocycles. The molecule has 0 saturated carbocycles. The van der Waals surface area contributed by atoms with E-state index in [1.165, 1.54) is 0 Å². The summed E-state index contributed by atoms with van der Waals surface area (Å²) in [6.07, 6.45) is -3.93. The fraction of sp³-hybridized carbons (Fsp3) is 0.462. The van der Waals surface area contributed by atoms with Crippen LogP contribution < -0.4 is 0 Å². The molecule has 0 N–H and O–H groups in total. The fourth-order valence-electron chi connectivity index (χ4n) is 1.34. The van der Waals surface area contributed by atoms with Gasteiger partial charge in [-0.05, 0) is 32.9 Å². The van der Waals surface area contributed by atoms with Crippen molar-refractivity contribution in [1.82, 2.24) is 4.98 Å². The van der Waals surface area contributed by atoms with Crippen molar-refractivity contribution in [2.45, 2.75) is 38.5 Å². The summed E-state index contributed by atoms with van der Waals surface area (Å²) in [5.74, 6) is -2.19. The number of nitrogens with zero attached hydrogens (tertiary/aromatic N) is 2. The van der Waals surface area contributed by atoms with Crippen LogP contribution in [0.1, 0.15) is 37.9 Å². The Morgan fingerprint density at radius 3 is 2.30 bits per heavy atom. The monoisotopic (exact) mass is 286 g/mol. The zero-order valence-corrected chi connectivity index (χ0v) is 11.2. The molecular formula is C13H13F3N2O2. The molecular weight excluding hydrogens is 273 g/mol. The van der Waals surface area contributed by atoms with Gasteiger partial charge in [-0.25, -0.2) is 0 Å². The van der Waals surface area contributed by atoms with Crippen molar-refractivity contribution in [3.8, 4) is 6.07 Å². The molecule has 0 unspecified atom stereocenters. The van der Waals surface area contributed by atoms with Gasteiger partial charge in [-0.3, -0.25) is 9.78 Å². The van der Waals surface area contributed by atoms with Crippen LogP contribution in [0.5, 0.6) is 0 Å². The van der Waals surface area contributed by atoms with Gasteiger partial charge in [0.05, 0.1) is 17.3 Å². The lowest BCUT2D eigenvalue weighted by atomic mass is 10.1. The molecule has 4 nitrogen and oxygen atoms in total. The minimum atomic E-state index is -4.51. The third kappa shape index (κ3) is 4.23. The molecule has 1 rings (SSSR count). The molecule has 0 bridgehead atoms. The van der Waals surface area contributed by atoms with Gasteiger partial charge in [0.25, 0.3) is 0 Å². The molecule has 1 heterocycles. The average molecular weight is 286 g/mol. The first-order valence-electron chi connectivity index (χ1n) is 5.70. The number of carbonyl (C=O) groups excluding carboxylic acids is 1. The van der Waals surface area contributed by atoms with Crippen LogP contribution in [0.25, 0.3) is 0 Å². The van der Waals surface area contributed by atoms with E-state index in [-0.39, 0.29) is 5.69 Å². The van der Waals surface area contributed by atoms with E-state index < -0.39 is 29.2 Å². The highest BCUT2D eigenvalue weighted by Crippen LogP contribution is 2.29. The Morgan fingerprint density at radius 1 is 1.35 bits per heavy atom. The molecule has 0 amide bonds. The van der Waals surface area contributed by atoms with Gasteiger partial charge in [0.15, 0.2) is 5.92 Å². The predicted molar refractivity (Wildman–Crippen MR) is 63.4 cm³/mol. The number of halogens is 3. The van der Waals surface area contributed by atoms with Gasteiger partial charge in [-0.15, -0.1) is 0 Å². The maximum Gasteiger partial charge on any atom is 0.417 e. The zero-order valence-electron chi connectivity index (χ0n) is 11.2. The maximum atomic E-state index is 12.4. The molecule has 0 aliphatic rings. The summed E-state index contributed by atoms with van der Waals surface area (Å²) in [4.78, 5) is 15.3. The number of carbonyl (C=O) groups is 1. The third-order valence-corrected chi connectivity index (χ3v) is 2.18. The summed E-state index contributed by atoms with van der Waals surface area (Å²) in [5.41, 5.74) is -1.81. The van der Waals surface area contributed by atoms with Gasteiger partial charge in [0.1, 0.15) is 5.60 Å². The highest BCUT2D eigenvalue weighted by molar-refractivity contribution is 5.81. The molecule has 0 saturated heterocycles. The molecule has 0 radical (unpaired) electrons. The van der Waals surface area contributed by atoms with Crippen LogP contribution in [-0.2, 0) is 15.7 Å². The lowest BCUT2D eigenvalue weighted by Crippen LogP contribution is -2.27. The van der Waals surface area contributed by atoms with Crippen LogP contribution in [0.2, 0.25) is 0 Å². The van der Waals surface area contributed by atoms with Crippen LogP contribution in [-0.4, -0.2) is 16.6 Å². The topological polar surface area (TPSA) is 63.0 Å². The molecule has 20 heavy (non-hydrogen) atoms. The Hall–Kier alpha value is -2.10. The Morgan fingerprint density at radius 2 is 1.95 bits per heavy atom. The number of esters is 1. The first-order chi connectivity index (χ1) is 9.04. The lowest BCUT2D eigenvalue weighted by Gasteiger charge is -2.21. The molecule has 0 aromatic carbocycles. The first kappa shape index (κ1) is 16.0. The minimum Gasteiger partial charge on any atom is -0.459 e. The average Bonchev–Trinajstić information content (AvgIpc) is 2.27. The highest BCUT2D eigenvalue weighted by atomic mass is 19.4. The summed E-state index contributed by atoms with van der Waals surface area (Å²) in [6.45, 7) is 4.87. The van der Waals surface area contributed by atoms with E-state index in [0.717, 1.165) is 12.1 Å². The number of nitriles is 1. The van der Waals surface area contributed by atoms with E-state index in [0.29, 0.717) is 6.20 Å². The Labute approximate surface area is 114 Å². The van der Waals surface area contributed by atoms with Gasteiger partial charge in [0, 0.05) is 6.20 Å². The molecule has 108 valence electrons. The molecule has 1 atom stereocenters. The van der Waals surface area contributed by atoms with Gasteiger partial charge >= 0.3 is 12.1 Å². The maximum absolute atomic E-state index is 12.4. The van der Waals surface area contributed by atoms with Gasteiger partial charge in [0.2, 0.25) is 0 Å². The van der Waals surface area contributed by atoms with Crippen LogP contribution in [0.3, 0.4) is 0 Å². The summed E-state index contributed by atoms with van der Waals surface area (Å²) in [7, 11) is 0. The number of pyridine rings is 1. The molecule has 0 fully saturated rings. The van der Waals surface area contributed by atoms with E-state index in [9.17, 15) is 18.0 Å². The minimum absolute atomic E-state index is 0.0743. The highest BCUT2D eigenvalue weighted by Gasteiger charge is 2.32. The van der Waals surface area contributed by atoms with Crippen molar-refractivity contribution in [1.29, 1.82) is 5.26 Å². The van der Waals surface area contributed by atoms with Crippen molar-refractivity contribution >= 4 is 5.97 Å². The molecule has 1 aromatic rings. The van der Waals surface area contributed by atoms with E-state index in [1.807, 2.05) is 0 Å². The molecule has 7 heteroatoms. The largest absolute Gasteiger partial charge is 0.459 e. The Bertz CT molecular complexity index is 525. The van der Waals surface area contributed by atoms with Crippen molar-refractivity contribution in [2.75, 3.05) is 0 Å². The van der Waals surface area contributed by atoms with Crippen molar-refractivity contribution < 1.29 is 22.7 Å². The first-order valence-corrected chi connectivity index (χ1v) is 5.70. The van der Waals surface area contributed by atoms with Crippen molar-refractivity contribution in [2.24, 2.45) is 0 Å². The van der Waals surface area contributed by atoms with Gasteiger partial charge in [-0.1, -0.05) is 0 Å². The van der Waals surface area contributed by atoms with Crippen molar-refractivity contribution in [3.63, 3.8) is 0 Å². The van der Waals surface area contributed by atoms with Crippen molar-refractivity contribution in [3.05, 3.63) is 29.6 Å². The quantitative estimate of drug-likeness (QED) is 0.784. The SMILES string of the molecule is CC(C)(C)OC(=O)[C@@H](C#N)c1ccc(C(F)(F)F)cn1. The second-order valence-electron chi connectivity index (χ2n) is 5.07. The smallest absolute Gasteiger partial charge is 0.417 e. The second-order valence-corrected chi connectivity index (χ2v) is 5.07. The Balaban J connectivity index is 2.98. The van der Waals surface area contributed by atoms with Crippen LogP contribution in [0.4, 0.5) is 13.2 Å². The number of ether oxygens (including phenoxy) is 1. The van der Waals surface area contributed by atoms with E-state index >= 15 is 0 Å². The Kier molecular flexibility index (Phi) is 4.38. The summed E-state index contributed by atoms with van der Waals surface area (Å²) in [5, 5.41) is 8.96. The summed E-state index contributed by atoms with van der Waals surface area (Å²) < 4.78 is 42.2. The summed E-state index contributed by atoms with van der Waals surface area (Å²) in [6, 6.07) is 3.46. The normalized spacial score (nSPS) is 13.4. The number of rotatable bonds is 2. The standard InChI is InChI=1S/C13H13F3N2O2/c1-12(2,3)20-11(19)9(6-17)10-5-4-8(7-18-10)13(14,15)16/h4-5,7,9H,1-3H3/t9-/m0/s1. The molecule has 0 aliphatic heterocycles. The van der Waals surface area contributed by atoms with Crippen LogP contribution in [0.15, 0.2) is 18.3 Å². The molecule has 1 aromatic heterocycles. The van der Waals surface area contributed by atoms with Gasteiger partial charge in [-0.2, -0.15) is 18.4 Å². The number of hydrogen-bond donors (Lipinski definition) is 0. The third-order valence-electron chi connectivity index (χ3n) is 2.18. The van der Waals surface area contributed by atoms with E-state index in [2.05, 4.69) is 4.98 Å². The number of aromatic nitrogens is 1. The van der Waals surface area contributed by atoms with E-state index in [4.69, 9.17) is 10.00 Å². The lowest BCUT2D eigenvalue weighted by molar-refractivity contribution is -0.155. The second kappa shape index (κ2) is 5.49. The summed E-state index contributed by atoms with van der Waals surface area (Å²) >= 11 is 0. The molecule has 0 spiro atoms. The predicted octanol–water partition coefficient (Wildman–Crippen LogP) is 3.05. The van der Waals surface area contributed by atoms with Crippen LogP contribution >= 0.6 is 0 Å². The number of alkyl halides is 3.